The van der Waals surface area contributed by atoms with E-state index in [0.717, 1.165) is 37.4 Å². The van der Waals surface area contributed by atoms with Crippen molar-refractivity contribution in [3.8, 4) is 0 Å². The number of aromatic nitrogens is 2. The third-order valence-electron chi connectivity index (χ3n) is 6.54. The highest BCUT2D eigenvalue weighted by Crippen LogP contribution is 2.33. The molecule has 3 aromatic carbocycles. The van der Waals surface area contributed by atoms with Gasteiger partial charge in [0.1, 0.15) is 6.04 Å². The standard InChI is InChI=1S/C27H25BrN4O3S/c28-18-10-12-19(13-11-18)36(34,35)32-26(27(29)33)22(23-16-31-25-8-4-2-6-21(23)25)14-9-17-15-30-24-7-3-1-5-20(17)24/h1-8,10-13,15-16,22,26,30-32H,9,14H2,(H2,29,33). The van der Waals surface area contributed by atoms with Gasteiger partial charge in [-0.2, -0.15) is 4.72 Å². The Morgan fingerprint density at radius 2 is 1.50 bits per heavy atom. The van der Waals surface area contributed by atoms with Gasteiger partial charge >= 0.3 is 0 Å². The van der Waals surface area contributed by atoms with Gasteiger partial charge < -0.3 is 15.7 Å². The second kappa shape index (κ2) is 9.93. The number of sulfonamides is 1. The predicted molar refractivity (Wildman–Crippen MR) is 145 cm³/mol. The third-order valence-corrected chi connectivity index (χ3v) is 8.52. The minimum absolute atomic E-state index is 0.0613. The highest BCUT2D eigenvalue weighted by atomic mass is 79.9. The van der Waals surface area contributed by atoms with E-state index in [1.54, 1.807) is 12.1 Å². The van der Waals surface area contributed by atoms with E-state index in [1.807, 2.05) is 60.9 Å². The monoisotopic (exact) mass is 564 g/mol. The molecule has 2 aromatic heterocycles. The van der Waals surface area contributed by atoms with Crippen LogP contribution in [0.25, 0.3) is 21.8 Å². The van der Waals surface area contributed by atoms with E-state index >= 15 is 0 Å². The molecule has 0 spiro atoms. The van der Waals surface area contributed by atoms with Crippen LogP contribution in [0.3, 0.4) is 0 Å². The Labute approximate surface area is 217 Å². The van der Waals surface area contributed by atoms with Crippen LogP contribution in [0.1, 0.15) is 23.5 Å². The van der Waals surface area contributed by atoms with E-state index in [4.69, 9.17) is 5.73 Å². The van der Waals surface area contributed by atoms with Gasteiger partial charge in [0.15, 0.2) is 0 Å². The fourth-order valence-corrected chi connectivity index (χ4v) is 6.25. The van der Waals surface area contributed by atoms with Gasteiger partial charge in [-0.15, -0.1) is 0 Å². The van der Waals surface area contributed by atoms with Gasteiger partial charge in [0.25, 0.3) is 0 Å². The molecule has 0 saturated carbocycles. The molecule has 5 aromatic rings. The topological polar surface area (TPSA) is 121 Å². The minimum Gasteiger partial charge on any atom is -0.368 e. The van der Waals surface area contributed by atoms with E-state index in [-0.39, 0.29) is 4.90 Å². The lowest BCUT2D eigenvalue weighted by molar-refractivity contribution is -0.120. The molecule has 0 aliphatic rings. The highest BCUT2D eigenvalue weighted by Gasteiger charge is 2.34. The summed E-state index contributed by atoms with van der Waals surface area (Å²) in [7, 11) is -4.01. The molecule has 184 valence electrons. The molecule has 0 radical (unpaired) electrons. The number of H-pyrrole nitrogens is 2. The van der Waals surface area contributed by atoms with Crippen molar-refractivity contribution in [2.24, 2.45) is 5.73 Å². The number of hydrogen-bond acceptors (Lipinski definition) is 3. The van der Waals surface area contributed by atoms with Crippen LogP contribution < -0.4 is 10.5 Å². The van der Waals surface area contributed by atoms with E-state index in [1.165, 1.54) is 12.1 Å². The molecule has 0 saturated heterocycles. The van der Waals surface area contributed by atoms with Crippen LogP contribution in [-0.2, 0) is 21.2 Å². The zero-order valence-electron chi connectivity index (χ0n) is 19.2. The summed E-state index contributed by atoms with van der Waals surface area (Å²) in [6, 6.07) is 20.8. The highest BCUT2D eigenvalue weighted by molar-refractivity contribution is 9.10. The molecular weight excluding hydrogens is 540 g/mol. The zero-order valence-corrected chi connectivity index (χ0v) is 21.6. The quantitative estimate of drug-likeness (QED) is 0.202. The number of carbonyl (C=O) groups is 1. The molecule has 0 aliphatic carbocycles. The smallest absolute Gasteiger partial charge is 0.241 e. The Morgan fingerprint density at radius 3 is 2.19 bits per heavy atom. The maximum Gasteiger partial charge on any atom is 0.241 e. The van der Waals surface area contributed by atoms with Gasteiger partial charge in [-0.3, -0.25) is 4.79 Å². The number of primary amides is 1. The summed E-state index contributed by atoms with van der Waals surface area (Å²) < 4.78 is 29.9. The van der Waals surface area contributed by atoms with Crippen molar-refractivity contribution in [2.75, 3.05) is 0 Å². The number of rotatable bonds is 9. The molecule has 2 unspecified atom stereocenters. The Balaban J connectivity index is 1.53. The molecule has 0 fully saturated rings. The summed E-state index contributed by atoms with van der Waals surface area (Å²) in [4.78, 5) is 19.4. The van der Waals surface area contributed by atoms with Crippen LogP contribution in [0.4, 0.5) is 0 Å². The summed E-state index contributed by atoms with van der Waals surface area (Å²) in [6.07, 6.45) is 4.93. The van der Waals surface area contributed by atoms with Gasteiger partial charge in [-0.1, -0.05) is 52.3 Å². The van der Waals surface area contributed by atoms with E-state index < -0.39 is 27.9 Å². The third kappa shape index (κ3) is 4.82. The van der Waals surface area contributed by atoms with E-state index in [2.05, 4.69) is 30.6 Å². The maximum absolute atomic E-state index is 13.3. The van der Waals surface area contributed by atoms with Crippen LogP contribution in [-0.4, -0.2) is 30.3 Å². The average Bonchev–Trinajstić information content (AvgIpc) is 3.48. The Hall–Kier alpha value is -3.40. The fourth-order valence-electron chi connectivity index (χ4n) is 4.74. The number of para-hydroxylation sites is 2. The fraction of sp³-hybridized carbons (Fsp3) is 0.148. The molecule has 0 aliphatic heterocycles. The first kappa shape index (κ1) is 24.3. The number of nitrogens with two attached hydrogens (primary N) is 1. The van der Waals surface area contributed by atoms with Crippen molar-refractivity contribution in [3.05, 3.63) is 101 Å². The summed E-state index contributed by atoms with van der Waals surface area (Å²) in [5.41, 5.74) is 9.71. The van der Waals surface area contributed by atoms with Gasteiger partial charge in [-0.25, -0.2) is 8.42 Å². The number of amides is 1. The summed E-state index contributed by atoms with van der Waals surface area (Å²) in [6.45, 7) is 0. The second-order valence-corrected chi connectivity index (χ2v) is 11.4. The van der Waals surface area contributed by atoms with Crippen molar-refractivity contribution in [2.45, 2.75) is 29.7 Å². The first-order chi connectivity index (χ1) is 17.3. The number of halogens is 1. The van der Waals surface area contributed by atoms with Gasteiger partial charge in [0.05, 0.1) is 4.90 Å². The van der Waals surface area contributed by atoms with E-state index in [0.29, 0.717) is 12.8 Å². The van der Waals surface area contributed by atoms with Crippen molar-refractivity contribution < 1.29 is 13.2 Å². The van der Waals surface area contributed by atoms with Gasteiger partial charge in [0, 0.05) is 44.6 Å². The SMILES string of the molecule is NC(=O)C(NS(=O)(=O)c1ccc(Br)cc1)C(CCc1c[nH]c2ccccc12)c1c[nH]c2ccccc12. The lowest BCUT2D eigenvalue weighted by Gasteiger charge is -2.26. The first-order valence-electron chi connectivity index (χ1n) is 11.5. The number of fused-ring (bicyclic) bond motifs is 2. The number of nitrogens with one attached hydrogen (secondary N) is 3. The van der Waals surface area contributed by atoms with Crippen molar-refractivity contribution in [1.29, 1.82) is 0 Å². The molecule has 2 atom stereocenters. The van der Waals surface area contributed by atoms with Crippen LogP contribution in [0.2, 0.25) is 0 Å². The summed E-state index contributed by atoms with van der Waals surface area (Å²) in [5, 5.41) is 2.02. The van der Waals surface area contributed by atoms with Crippen LogP contribution in [0.15, 0.2) is 94.6 Å². The molecule has 7 nitrogen and oxygen atoms in total. The zero-order chi connectivity index (χ0) is 25.3. The normalized spacial score (nSPS) is 13.7. The molecule has 5 N–H and O–H groups in total. The minimum atomic E-state index is -4.01. The molecular formula is C27H25BrN4O3S. The summed E-state index contributed by atoms with van der Waals surface area (Å²) in [5.74, 6) is -1.23. The van der Waals surface area contributed by atoms with Crippen molar-refractivity contribution in [3.63, 3.8) is 0 Å². The molecule has 1 amide bonds. The van der Waals surface area contributed by atoms with E-state index in [9.17, 15) is 13.2 Å². The predicted octanol–water partition coefficient (Wildman–Crippen LogP) is 4.96. The average molecular weight is 565 g/mol. The van der Waals surface area contributed by atoms with Crippen LogP contribution in [0.5, 0.6) is 0 Å². The summed E-state index contributed by atoms with van der Waals surface area (Å²) >= 11 is 3.32. The molecule has 2 heterocycles. The van der Waals surface area contributed by atoms with Crippen molar-refractivity contribution in [1.82, 2.24) is 14.7 Å². The molecule has 0 bridgehead atoms. The van der Waals surface area contributed by atoms with Gasteiger partial charge in [0.2, 0.25) is 15.9 Å². The molecule has 5 rings (SSSR count). The van der Waals surface area contributed by atoms with Crippen LogP contribution in [0, 0.1) is 0 Å². The second-order valence-electron chi connectivity index (χ2n) is 8.75. The number of aromatic amines is 2. The lowest BCUT2D eigenvalue weighted by atomic mass is 9.86. The Bertz CT molecular complexity index is 1640. The Kier molecular flexibility index (Phi) is 6.70. The number of aryl methyl sites for hydroxylation is 1. The molecule has 9 heteroatoms. The lowest BCUT2D eigenvalue weighted by Crippen LogP contribution is -2.48. The van der Waals surface area contributed by atoms with Gasteiger partial charge in [-0.05, 0) is 60.4 Å². The van der Waals surface area contributed by atoms with Crippen molar-refractivity contribution >= 4 is 53.7 Å². The maximum atomic E-state index is 13.3. The Morgan fingerprint density at radius 1 is 0.889 bits per heavy atom. The number of benzene rings is 3. The number of carbonyl (C=O) groups excluding carboxylic acids is 1. The first-order valence-corrected chi connectivity index (χ1v) is 13.8. The number of hydrogen-bond donors (Lipinski definition) is 4. The van der Waals surface area contributed by atoms with Crippen LogP contribution >= 0.6 is 15.9 Å². The molecule has 36 heavy (non-hydrogen) atoms. The largest absolute Gasteiger partial charge is 0.368 e.